The standard InChI is InChI=1S/C37H50O11/c1-21-18-30(46-23(3)39)35(7)28(37(21,43)15-12-26-10-8-9-11-27(26)42)13-14-34(6)29-19-44-20-36(29,16-17-45-22(2)38)33(48-25(5)41)31(32(34)35)47-24(4)40/h8-11,18,28-33,42-43H,12-17,19-20H2,1-7H3/t28-,29+,30-,31+,32?,33+,34+,35-,36+,37-/m1/s1. The van der Waals surface area contributed by atoms with E-state index in [0.717, 1.165) is 0 Å². The number of para-hydroxylation sites is 1. The van der Waals surface area contributed by atoms with Crippen LogP contribution in [0.4, 0.5) is 0 Å². The third-order valence-corrected chi connectivity index (χ3v) is 12.2. The number of carbonyl (C=O) groups excluding carboxylic acids is 4. The van der Waals surface area contributed by atoms with Gasteiger partial charge in [-0.25, -0.2) is 0 Å². The molecule has 2 saturated carbocycles. The number of carbonyl (C=O) groups is 4. The van der Waals surface area contributed by atoms with Gasteiger partial charge < -0.3 is 33.9 Å². The second-order valence-electron chi connectivity index (χ2n) is 14.9. The number of aliphatic hydroxyl groups is 1. The van der Waals surface area contributed by atoms with Crippen LogP contribution in [0.1, 0.15) is 79.7 Å². The number of phenolic OH excluding ortho intramolecular Hbond substituents is 1. The third kappa shape index (κ3) is 5.91. The van der Waals surface area contributed by atoms with Crippen LogP contribution < -0.4 is 0 Å². The average molecular weight is 671 g/mol. The molecule has 3 aliphatic carbocycles. The summed E-state index contributed by atoms with van der Waals surface area (Å²) in [5.41, 5.74) is -2.50. The van der Waals surface area contributed by atoms with Crippen molar-refractivity contribution in [3.8, 4) is 5.75 Å². The molecule has 0 radical (unpaired) electrons. The lowest BCUT2D eigenvalue weighted by Gasteiger charge is -2.70. The molecule has 264 valence electrons. The average Bonchev–Trinajstić information content (AvgIpc) is 3.43. The van der Waals surface area contributed by atoms with E-state index < -0.39 is 75.9 Å². The Bertz CT molecular complexity index is 1470. The Morgan fingerprint density at radius 2 is 1.58 bits per heavy atom. The summed E-state index contributed by atoms with van der Waals surface area (Å²) in [5, 5.41) is 23.3. The van der Waals surface area contributed by atoms with E-state index in [9.17, 15) is 29.4 Å². The molecule has 1 heterocycles. The molecule has 1 aromatic rings. The first-order valence-electron chi connectivity index (χ1n) is 16.9. The molecular weight excluding hydrogens is 620 g/mol. The Morgan fingerprint density at radius 3 is 2.21 bits per heavy atom. The Labute approximate surface area is 282 Å². The number of fused-ring (bicyclic) bond motifs is 5. The summed E-state index contributed by atoms with van der Waals surface area (Å²) in [7, 11) is 0. The first-order valence-corrected chi connectivity index (χ1v) is 16.9. The lowest BCUT2D eigenvalue weighted by atomic mass is 9.36. The molecular formula is C37H50O11. The predicted molar refractivity (Wildman–Crippen MR) is 172 cm³/mol. The molecule has 0 spiro atoms. The zero-order chi connectivity index (χ0) is 35.2. The maximum atomic E-state index is 13.0. The summed E-state index contributed by atoms with van der Waals surface area (Å²) in [6.45, 7) is 11.9. The van der Waals surface area contributed by atoms with E-state index >= 15 is 0 Å². The molecule has 10 atom stereocenters. The fraction of sp³-hybridized carbons (Fsp3) is 0.676. The topological polar surface area (TPSA) is 155 Å². The van der Waals surface area contributed by atoms with Crippen LogP contribution in [-0.4, -0.2) is 77.8 Å². The molecule has 0 aromatic heterocycles. The molecule has 11 heteroatoms. The second-order valence-corrected chi connectivity index (χ2v) is 14.9. The third-order valence-electron chi connectivity index (χ3n) is 12.2. The van der Waals surface area contributed by atoms with Crippen molar-refractivity contribution in [2.45, 2.75) is 104 Å². The summed E-state index contributed by atoms with van der Waals surface area (Å²) >= 11 is 0. The molecule has 1 aliphatic heterocycles. The van der Waals surface area contributed by atoms with Crippen LogP contribution in [0.15, 0.2) is 35.9 Å². The zero-order valence-corrected chi connectivity index (χ0v) is 29.1. The van der Waals surface area contributed by atoms with Crippen molar-refractivity contribution in [1.82, 2.24) is 0 Å². The number of benzene rings is 1. The Balaban J connectivity index is 1.69. The number of hydrogen-bond donors (Lipinski definition) is 2. The summed E-state index contributed by atoms with van der Waals surface area (Å²) in [6, 6.07) is 7.04. The highest BCUT2D eigenvalue weighted by molar-refractivity contribution is 5.68. The van der Waals surface area contributed by atoms with Crippen LogP contribution in [0.3, 0.4) is 0 Å². The van der Waals surface area contributed by atoms with E-state index in [1.807, 2.05) is 32.1 Å². The second kappa shape index (κ2) is 13.1. The quantitative estimate of drug-likeness (QED) is 0.218. The van der Waals surface area contributed by atoms with Crippen molar-refractivity contribution in [2.75, 3.05) is 19.8 Å². The van der Waals surface area contributed by atoms with Gasteiger partial charge in [-0.05, 0) is 73.6 Å². The van der Waals surface area contributed by atoms with E-state index in [1.54, 1.807) is 12.1 Å². The maximum absolute atomic E-state index is 13.0. The van der Waals surface area contributed by atoms with Gasteiger partial charge in [-0.15, -0.1) is 0 Å². The highest BCUT2D eigenvalue weighted by atomic mass is 16.6. The SMILES string of the molecule is CC(=O)OCC[C@]12COC[C@H]1[C@]1(C)CC[C@@H]3[C@@](C)(C1[C@H](OC(C)=O)[C@@H]2OC(C)=O)[C@H](OC(C)=O)C=C(C)[C@]3(O)CCc1ccccc1O. The van der Waals surface area contributed by atoms with Gasteiger partial charge in [-0.3, -0.25) is 19.2 Å². The van der Waals surface area contributed by atoms with Crippen molar-refractivity contribution in [3.05, 3.63) is 41.5 Å². The summed E-state index contributed by atoms with van der Waals surface area (Å²) in [6.07, 6.45) is 1.16. The van der Waals surface area contributed by atoms with Crippen LogP contribution in [0.25, 0.3) is 0 Å². The Morgan fingerprint density at radius 1 is 0.917 bits per heavy atom. The van der Waals surface area contributed by atoms with Crippen molar-refractivity contribution in [3.63, 3.8) is 0 Å². The van der Waals surface area contributed by atoms with Crippen molar-refractivity contribution in [2.24, 2.45) is 34.0 Å². The van der Waals surface area contributed by atoms with Crippen molar-refractivity contribution >= 4 is 23.9 Å². The molecule has 3 fully saturated rings. The van der Waals surface area contributed by atoms with Crippen molar-refractivity contribution in [1.29, 1.82) is 0 Å². The van der Waals surface area contributed by atoms with Crippen LogP contribution in [0.5, 0.6) is 5.75 Å². The molecule has 1 aromatic carbocycles. The van der Waals surface area contributed by atoms with Gasteiger partial charge in [0.2, 0.25) is 0 Å². The van der Waals surface area contributed by atoms with E-state index in [2.05, 4.69) is 6.92 Å². The van der Waals surface area contributed by atoms with E-state index in [0.29, 0.717) is 43.4 Å². The van der Waals surface area contributed by atoms with Gasteiger partial charge in [0.15, 0.2) is 0 Å². The Hall–Kier alpha value is -3.44. The largest absolute Gasteiger partial charge is 0.508 e. The van der Waals surface area contributed by atoms with Gasteiger partial charge in [0.25, 0.3) is 0 Å². The molecule has 1 unspecified atom stereocenters. The molecule has 5 rings (SSSR count). The van der Waals surface area contributed by atoms with Gasteiger partial charge in [-0.1, -0.05) is 32.0 Å². The first-order chi connectivity index (χ1) is 22.5. The lowest BCUT2D eigenvalue weighted by molar-refractivity contribution is -0.287. The van der Waals surface area contributed by atoms with Gasteiger partial charge >= 0.3 is 23.9 Å². The number of rotatable bonds is 9. The number of ether oxygens (including phenoxy) is 5. The van der Waals surface area contributed by atoms with Crippen LogP contribution in [-0.2, 0) is 49.3 Å². The van der Waals surface area contributed by atoms with Gasteiger partial charge in [0, 0.05) is 50.4 Å². The molecule has 48 heavy (non-hydrogen) atoms. The minimum atomic E-state index is -1.37. The maximum Gasteiger partial charge on any atom is 0.303 e. The van der Waals surface area contributed by atoms with E-state index in [-0.39, 0.29) is 31.3 Å². The van der Waals surface area contributed by atoms with E-state index in [1.165, 1.54) is 27.7 Å². The molecule has 2 N–H and O–H groups in total. The number of aryl methyl sites for hydroxylation is 1. The summed E-state index contributed by atoms with van der Waals surface area (Å²) in [5.74, 6) is -3.19. The highest BCUT2D eigenvalue weighted by Crippen LogP contribution is 2.72. The van der Waals surface area contributed by atoms with Crippen molar-refractivity contribution < 1.29 is 53.1 Å². The zero-order valence-electron chi connectivity index (χ0n) is 29.1. The first kappa shape index (κ1) is 35.9. The minimum absolute atomic E-state index is 0.0600. The smallest absolute Gasteiger partial charge is 0.303 e. The predicted octanol–water partition coefficient (Wildman–Crippen LogP) is 4.45. The number of hydrogen-bond acceptors (Lipinski definition) is 11. The van der Waals surface area contributed by atoms with Gasteiger partial charge in [0.05, 0.1) is 25.4 Å². The summed E-state index contributed by atoms with van der Waals surface area (Å²) in [4.78, 5) is 50.3. The molecule has 1 saturated heterocycles. The lowest BCUT2D eigenvalue weighted by Crippen LogP contribution is -2.74. The number of esters is 4. The molecule has 11 nitrogen and oxygen atoms in total. The normalized spacial score (nSPS) is 38.4. The minimum Gasteiger partial charge on any atom is -0.508 e. The van der Waals surface area contributed by atoms with Crippen LogP contribution in [0, 0.1) is 34.0 Å². The van der Waals surface area contributed by atoms with Gasteiger partial charge in [0.1, 0.15) is 24.1 Å². The Kier molecular flexibility index (Phi) is 9.80. The summed E-state index contributed by atoms with van der Waals surface area (Å²) < 4.78 is 30.1. The van der Waals surface area contributed by atoms with Crippen LogP contribution in [0.2, 0.25) is 0 Å². The van der Waals surface area contributed by atoms with E-state index in [4.69, 9.17) is 23.7 Å². The van der Waals surface area contributed by atoms with Crippen LogP contribution >= 0.6 is 0 Å². The monoisotopic (exact) mass is 670 g/mol. The number of phenols is 1. The fourth-order valence-corrected chi connectivity index (χ4v) is 10.4. The molecule has 0 bridgehead atoms. The molecule has 4 aliphatic rings. The molecule has 0 amide bonds. The van der Waals surface area contributed by atoms with Gasteiger partial charge in [-0.2, -0.15) is 0 Å². The fourth-order valence-electron chi connectivity index (χ4n) is 10.4. The number of aromatic hydroxyl groups is 1. The highest BCUT2D eigenvalue weighted by Gasteiger charge is 2.76.